The Balaban J connectivity index is 1.40. The highest BCUT2D eigenvalue weighted by atomic mass is 32.2. The molecule has 6 atom stereocenters. The molecule has 5 aliphatic rings. The van der Waals surface area contributed by atoms with Crippen molar-refractivity contribution in [3.8, 4) is 0 Å². The minimum atomic E-state index is -2.45. The van der Waals surface area contributed by atoms with Crippen molar-refractivity contribution in [1.82, 2.24) is 31.6 Å². The van der Waals surface area contributed by atoms with Crippen LogP contribution in [0.25, 0.3) is 0 Å². The fourth-order valence-corrected chi connectivity index (χ4v) is 11.6. The first-order valence-corrected chi connectivity index (χ1v) is 21.1. The van der Waals surface area contributed by atoms with Crippen LogP contribution < -0.4 is 26.6 Å². The van der Waals surface area contributed by atoms with E-state index >= 15 is 0 Å². The van der Waals surface area contributed by atoms with Gasteiger partial charge in [0.05, 0.1) is 4.75 Å². The fourth-order valence-electron chi connectivity index (χ4n) is 9.90. The molecule has 2 spiro atoms. The third kappa shape index (κ3) is 8.47. The first kappa shape index (κ1) is 43.4. The van der Waals surface area contributed by atoms with Crippen LogP contribution in [-0.4, -0.2) is 111 Å². The number of fused-ring (bicyclic) bond motifs is 3. The quantitative estimate of drug-likeness (QED) is 0.0583. The van der Waals surface area contributed by atoms with Crippen molar-refractivity contribution in [2.75, 3.05) is 33.1 Å². The monoisotopic (exact) mass is 824 g/mol. The lowest BCUT2D eigenvalue weighted by atomic mass is 9.55. The van der Waals surface area contributed by atoms with Gasteiger partial charge in [0.1, 0.15) is 17.7 Å². The Kier molecular flexibility index (Phi) is 13.5. The second-order valence-electron chi connectivity index (χ2n) is 16.3. The lowest BCUT2D eigenvalue weighted by molar-refractivity contribution is -0.164. The van der Waals surface area contributed by atoms with Gasteiger partial charge in [0.15, 0.2) is 0 Å². The number of esters is 1. The Hall–Kier alpha value is -4.13. The highest BCUT2D eigenvalue weighted by Gasteiger charge is 2.64. The Morgan fingerprint density at radius 3 is 2.33 bits per heavy atom. The van der Waals surface area contributed by atoms with Gasteiger partial charge in [-0.15, -0.1) is 11.8 Å². The van der Waals surface area contributed by atoms with Gasteiger partial charge in [-0.1, -0.05) is 49.8 Å². The third-order valence-electron chi connectivity index (χ3n) is 12.7. The molecular weight excluding hydrogens is 769 g/mol. The summed E-state index contributed by atoms with van der Waals surface area (Å²) in [5.41, 5.74) is 0.952. The number of hydrogen-bond acceptors (Lipinski definition) is 13. The molecule has 1 aromatic rings. The summed E-state index contributed by atoms with van der Waals surface area (Å²) in [4.78, 5) is 69.3. The molecule has 17 heteroatoms. The van der Waals surface area contributed by atoms with E-state index in [0.29, 0.717) is 25.1 Å². The van der Waals surface area contributed by atoms with Crippen LogP contribution in [0.1, 0.15) is 82.6 Å². The molecule has 2 heterocycles. The summed E-state index contributed by atoms with van der Waals surface area (Å²) >= 11 is 1.37. The van der Waals surface area contributed by atoms with Crippen LogP contribution in [0, 0.1) is 16.7 Å². The molecule has 0 radical (unpaired) electrons. The summed E-state index contributed by atoms with van der Waals surface area (Å²) in [6, 6.07) is 2.58. The number of aromatic nitrogens is 1. The number of likely N-dealkylation sites (N-methyl/N-ethyl adjacent to an activating group) is 1. The van der Waals surface area contributed by atoms with Gasteiger partial charge in [0.25, 0.3) is 0 Å². The van der Waals surface area contributed by atoms with Crippen molar-refractivity contribution in [2.45, 2.75) is 106 Å². The number of ether oxygens (including phenoxy) is 1. The van der Waals surface area contributed by atoms with Crippen LogP contribution in [0.4, 0.5) is 0 Å². The number of aliphatic carboxylic acids is 2. The van der Waals surface area contributed by atoms with Crippen molar-refractivity contribution in [2.24, 2.45) is 16.7 Å². The number of allylic oxidation sites excluding steroid dienone is 2. The van der Waals surface area contributed by atoms with E-state index in [9.17, 15) is 44.4 Å². The average Bonchev–Trinajstić information content (AvgIpc) is 3.83. The number of pyridine rings is 1. The Bertz CT molecular complexity index is 1850. The predicted molar refractivity (Wildman–Crippen MR) is 213 cm³/mol. The number of nitrogens with one attached hydrogen (secondary N) is 5. The van der Waals surface area contributed by atoms with Crippen LogP contribution >= 0.6 is 11.8 Å². The average molecular weight is 825 g/mol. The number of aliphatic hydroxyl groups excluding tert-OH is 1. The molecule has 1 saturated carbocycles. The Labute approximate surface area is 342 Å². The predicted octanol–water partition coefficient (Wildman–Crippen LogP) is 1.85. The van der Waals surface area contributed by atoms with E-state index < -0.39 is 70.7 Å². The van der Waals surface area contributed by atoms with Crippen molar-refractivity contribution in [3.05, 3.63) is 64.7 Å². The second-order valence-corrected chi connectivity index (χ2v) is 17.6. The molecule has 4 aliphatic carbocycles. The molecule has 2 bridgehead atoms. The number of carbonyl (C=O) groups is 5. The number of carbonyl (C=O) groups excluding carboxylic acids is 3. The number of carboxylic acids is 2. The van der Waals surface area contributed by atoms with Crippen molar-refractivity contribution >= 4 is 41.5 Å². The van der Waals surface area contributed by atoms with E-state index in [-0.39, 0.29) is 23.8 Å². The van der Waals surface area contributed by atoms with Gasteiger partial charge in [-0.25, -0.2) is 9.59 Å². The summed E-state index contributed by atoms with van der Waals surface area (Å²) in [7, 11) is 3.41. The third-order valence-corrected chi connectivity index (χ3v) is 14.5. The molecule has 9 N–H and O–H groups in total. The van der Waals surface area contributed by atoms with Crippen LogP contribution in [0.2, 0.25) is 0 Å². The van der Waals surface area contributed by atoms with Crippen molar-refractivity contribution < 1.29 is 49.1 Å². The summed E-state index contributed by atoms with van der Waals surface area (Å²) in [5, 5.41) is 53.0. The molecule has 0 saturated heterocycles. The summed E-state index contributed by atoms with van der Waals surface area (Å²) in [6.07, 6.45) is 14.3. The van der Waals surface area contributed by atoms with E-state index in [1.54, 1.807) is 19.4 Å². The van der Waals surface area contributed by atoms with Gasteiger partial charge >= 0.3 is 17.9 Å². The Morgan fingerprint density at radius 2 is 1.67 bits per heavy atom. The minimum Gasteiger partial charge on any atom is -0.478 e. The second kappa shape index (κ2) is 18.0. The lowest BCUT2D eigenvalue weighted by Crippen LogP contribution is -2.56. The van der Waals surface area contributed by atoms with E-state index in [4.69, 9.17) is 4.74 Å². The molecule has 0 aromatic carbocycles. The fraction of sp³-hybridized carbons (Fsp3) is 0.610. The molecule has 1 aromatic heterocycles. The zero-order valence-electron chi connectivity index (χ0n) is 33.1. The molecule has 6 rings (SSSR count). The molecule has 2 amide bonds. The normalized spacial score (nSPS) is 26.8. The van der Waals surface area contributed by atoms with Crippen molar-refractivity contribution in [1.29, 1.82) is 0 Å². The number of carboxylic acid groups (broad SMARTS) is 2. The smallest absolute Gasteiger partial charge is 0.353 e. The molecular formula is C41H56N6O10S. The summed E-state index contributed by atoms with van der Waals surface area (Å²) in [6.45, 7) is 0.420. The molecule has 1 fully saturated rings. The van der Waals surface area contributed by atoms with E-state index in [0.717, 1.165) is 74.5 Å². The number of nitrogens with zero attached hydrogens (tertiary/aromatic N) is 1. The zero-order valence-corrected chi connectivity index (χ0v) is 33.9. The standard InChI is InChI=1S/C41H56N6O10S/c1-42-22-27-26(20-25-9-18-44-19-10-25)21-38-11-4-3-5-12-39(13-6-7-14-39)40(17-16-38,32-31(38)30(27)36(53)57-32)58-23-28(33(49)47-34(50)35(51)52)46-29(48)8-15-41(56,37(54)55)45-24-43-2/h9-10,16-19,28,30,34,42-43,45,50,56H,3-8,11-15,20-24H2,1-2H3,(H,46,48)(H,47,49)(H,51,52)(H,54,55)/t28-,30+,34-,38-,40-,41+/m0/s1. The van der Waals surface area contributed by atoms with Gasteiger partial charge in [-0.3, -0.25) is 24.7 Å². The Morgan fingerprint density at radius 1 is 0.983 bits per heavy atom. The van der Waals surface area contributed by atoms with E-state index in [2.05, 4.69) is 43.7 Å². The maximum Gasteiger partial charge on any atom is 0.353 e. The maximum absolute atomic E-state index is 14.5. The van der Waals surface area contributed by atoms with Crippen LogP contribution in [-0.2, 0) is 35.1 Å². The van der Waals surface area contributed by atoms with Crippen LogP contribution in [0.5, 0.6) is 0 Å². The number of aliphatic hydroxyl groups is 2. The minimum absolute atomic E-state index is 0.0701. The SMILES string of the molecule is CNCN[C@@](O)(CCC(=O)N[C@@H](CS[C@]12C=C[C@@]3(CCCCCC14CCCC4)CC(Cc1ccncc1)=C(CNC)[C@H]1C(=O)OC2=C13)C(=O)N[C@@H](O)C(=O)O)C(=O)O. The van der Waals surface area contributed by atoms with Gasteiger partial charge in [0, 0.05) is 49.6 Å². The highest BCUT2D eigenvalue weighted by Crippen LogP contribution is 2.68. The summed E-state index contributed by atoms with van der Waals surface area (Å²) < 4.78 is 5.66. The lowest BCUT2D eigenvalue weighted by Gasteiger charge is -2.53. The number of rotatable bonds is 18. The van der Waals surface area contributed by atoms with Crippen LogP contribution in [0.3, 0.4) is 0 Å². The zero-order chi connectivity index (χ0) is 41.7. The van der Waals surface area contributed by atoms with E-state index in [1.807, 2.05) is 19.2 Å². The summed E-state index contributed by atoms with van der Waals surface area (Å²) in [5.74, 6) is -5.50. The van der Waals surface area contributed by atoms with Gasteiger partial charge in [-0.05, 0) is 86.9 Å². The number of amides is 2. The first-order valence-electron chi connectivity index (χ1n) is 20.2. The number of hydrogen-bond donors (Lipinski definition) is 9. The van der Waals surface area contributed by atoms with Gasteiger partial charge in [0.2, 0.25) is 23.8 Å². The van der Waals surface area contributed by atoms with Gasteiger partial charge < -0.3 is 46.4 Å². The van der Waals surface area contributed by atoms with Crippen LogP contribution in [0.15, 0.2) is 59.2 Å². The van der Waals surface area contributed by atoms with E-state index in [1.165, 1.54) is 17.3 Å². The molecule has 316 valence electrons. The maximum atomic E-state index is 14.5. The largest absolute Gasteiger partial charge is 0.478 e. The topological polar surface area (TPSA) is 249 Å². The van der Waals surface area contributed by atoms with Crippen molar-refractivity contribution in [3.63, 3.8) is 0 Å². The molecule has 58 heavy (non-hydrogen) atoms. The number of thioether (sulfide) groups is 1. The highest BCUT2D eigenvalue weighted by molar-refractivity contribution is 8.01. The van der Waals surface area contributed by atoms with Gasteiger partial charge in [-0.2, -0.15) is 0 Å². The molecule has 16 nitrogen and oxygen atoms in total. The molecule has 1 aliphatic heterocycles. The molecule has 0 unspecified atom stereocenters. The first-order chi connectivity index (χ1) is 27.7.